The van der Waals surface area contributed by atoms with Gasteiger partial charge in [-0.2, -0.15) is 0 Å². The van der Waals surface area contributed by atoms with Crippen LogP contribution in [0.4, 0.5) is 0 Å². The van der Waals surface area contributed by atoms with Gasteiger partial charge in [0.1, 0.15) is 18.1 Å². The summed E-state index contributed by atoms with van der Waals surface area (Å²) in [6.07, 6.45) is 3.38. The molecule has 1 fully saturated rings. The number of ether oxygens (including phenoxy) is 1. The number of fused-ring (bicyclic) bond motifs is 1. The maximum absolute atomic E-state index is 11.9. The number of nitrogens with zero attached hydrogens (tertiary/aromatic N) is 1. The number of rotatable bonds is 8. The molecule has 0 unspecified atom stereocenters. The van der Waals surface area contributed by atoms with Crippen LogP contribution in [-0.2, 0) is 6.42 Å². The lowest BCUT2D eigenvalue weighted by atomic mass is 9.98. The van der Waals surface area contributed by atoms with Crippen molar-refractivity contribution < 1.29 is 14.6 Å². The fourth-order valence-corrected chi connectivity index (χ4v) is 5.86. The second-order valence-electron chi connectivity index (χ2n) is 8.94. The lowest BCUT2D eigenvalue weighted by Gasteiger charge is -2.15. The standard InChI is InChI=1S/C29H29NO3S/c1-20(31)23-8-13-26-27(29(34-28(26)19-23)22-6-9-24(32)10-7-22)18-21-4-11-25(12-5-21)33-17-16-30-14-2-3-15-30/h4-13,19,32H,2-3,14-18H2,1H3. The normalized spacial score (nSPS) is 14.0. The van der Waals surface area contributed by atoms with Gasteiger partial charge in [0.2, 0.25) is 0 Å². The molecule has 4 aromatic rings. The Hall–Kier alpha value is -3.15. The number of phenolic OH excluding ortho intramolecular Hbond substituents is 1. The van der Waals surface area contributed by atoms with Gasteiger partial charge in [-0.05, 0) is 104 Å². The van der Waals surface area contributed by atoms with Gasteiger partial charge >= 0.3 is 0 Å². The minimum atomic E-state index is 0.0725. The number of thiophene rings is 1. The number of carbonyl (C=O) groups is 1. The smallest absolute Gasteiger partial charge is 0.159 e. The van der Waals surface area contributed by atoms with Crippen LogP contribution < -0.4 is 4.74 Å². The van der Waals surface area contributed by atoms with Crippen molar-refractivity contribution in [2.75, 3.05) is 26.2 Å². The van der Waals surface area contributed by atoms with Gasteiger partial charge in [0.25, 0.3) is 0 Å². The Balaban J connectivity index is 1.39. The molecule has 0 saturated carbocycles. The summed E-state index contributed by atoms with van der Waals surface area (Å²) in [6, 6.07) is 21.7. The number of benzene rings is 3. The molecule has 174 valence electrons. The van der Waals surface area contributed by atoms with Crippen molar-refractivity contribution in [3.63, 3.8) is 0 Å². The van der Waals surface area contributed by atoms with Crippen LogP contribution in [0.1, 0.15) is 41.3 Å². The van der Waals surface area contributed by atoms with Crippen LogP contribution >= 0.6 is 11.3 Å². The van der Waals surface area contributed by atoms with Crippen LogP contribution in [0.5, 0.6) is 11.5 Å². The molecule has 1 saturated heterocycles. The van der Waals surface area contributed by atoms with Crippen LogP contribution in [0.2, 0.25) is 0 Å². The first-order valence-corrected chi connectivity index (χ1v) is 12.7. The number of aromatic hydroxyl groups is 1. The Bertz CT molecular complexity index is 1290. The van der Waals surface area contributed by atoms with E-state index in [4.69, 9.17) is 4.74 Å². The first kappa shape index (κ1) is 22.6. The highest BCUT2D eigenvalue weighted by Crippen LogP contribution is 2.41. The van der Waals surface area contributed by atoms with E-state index in [-0.39, 0.29) is 11.5 Å². The van der Waals surface area contributed by atoms with Crippen LogP contribution in [0, 0.1) is 0 Å². The van der Waals surface area contributed by atoms with Crippen LogP contribution in [-0.4, -0.2) is 42.0 Å². The fraction of sp³-hybridized carbons (Fsp3) is 0.276. The van der Waals surface area contributed by atoms with Crippen molar-refractivity contribution in [1.29, 1.82) is 0 Å². The summed E-state index contributed by atoms with van der Waals surface area (Å²) in [7, 11) is 0. The maximum atomic E-state index is 11.9. The van der Waals surface area contributed by atoms with Crippen molar-refractivity contribution >= 4 is 27.2 Å². The van der Waals surface area contributed by atoms with E-state index in [1.807, 2.05) is 24.3 Å². The predicted octanol–water partition coefficient (Wildman–Crippen LogP) is 6.54. The van der Waals surface area contributed by atoms with Crippen LogP contribution in [0.15, 0.2) is 66.7 Å². The number of ketones is 1. The summed E-state index contributed by atoms with van der Waals surface area (Å²) in [5.41, 5.74) is 4.25. The third kappa shape index (κ3) is 5.01. The van der Waals surface area contributed by atoms with Gasteiger partial charge < -0.3 is 9.84 Å². The second kappa shape index (κ2) is 10.00. The lowest BCUT2D eigenvalue weighted by Crippen LogP contribution is -2.25. The molecule has 0 atom stereocenters. The van der Waals surface area contributed by atoms with Gasteiger partial charge in [-0.1, -0.05) is 24.3 Å². The number of phenols is 1. The zero-order chi connectivity index (χ0) is 23.5. The maximum Gasteiger partial charge on any atom is 0.159 e. The summed E-state index contributed by atoms with van der Waals surface area (Å²) in [5.74, 6) is 1.23. The van der Waals surface area contributed by atoms with Gasteiger partial charge in [0.15, 0.2) is 5.78 Å². The summed E-state index contributed by atoms with van der Waals surface area (Å²) in [4.78, 5) is 15.5. The van der Waals surface area contributed by atoms with Crippen molar-refractivity contribution in [3.8, 4) is 21.9 Å². The van der Waals surface area contributed by atoms with E-state index in [1.54, 1.807) is 30.4 Å². The van der Waals surface area contributed by atoms with E-state index < -0.39 is 0 Å². The predicted molar refractivity (Wildman–Crippen MR) is 139 cm³/mol. The largest absolute Gasteiger partial charge is 0.508 e. The van der Waals surface area contributed by atoms with Crippen LogP contribution in [0.25, 0.3) is 20.5 Å². The minimum Gasteiger partial charge on any atom is -0.508 e. The van der Waals surface area contributed by atoms with Crippen molar-refractivity contribution in [1.82, 2.24) is 4.90 Å². The van der Waals surface area contributed by atoms with E-state index in [1.165, 1.54) is 47.3 Å². The third-order valence-electron chi connectivity index (χ3n) is 6.51. The molecule has 2 heterocycles. The number of carbonyl (C=O) groups excluding carboxylic acids is 1. The lowest BCUT2D eigenvalue weighted by molar-refractivity contribution is 0.101. The number of hydrogen-bond acceptors (Lipinski definition) is 5. The molecule has 5 heteroatoms. The summed E-state index contributed by atoms with van der Waals surface area (Å²) in [6.45, 7) is 5.69. The molecule has 5 rings (SSSR count). The average Bonchev–Trinajstić information content (AvgIpc) is 3.48. The summed E-state index contributed by atoms with van der Waals surface area (Å²) in [5, 5.41) is 10.9. The molecule has 1 aliphatic rings. The zero-order valence-corrected chi connectivity index (χ0v) is 20.2. The van der Waals surface area contributed by atoms with Gasteiger partial charge in [0.05, 0.1) is 0 Å². The molecular weight excluding hydrogens is 442 g/mol. The molecule has 1 aromatic heterocycles. The molecule has 34 heavy (non-hydrogen) atoms. The molecule has 1 N–H and O–H groups in total. The van der Waals surface area contributed by atoms with Crippen molar-refractivity contribution in [3.05, 3.63) is 83.4 Å². The highest BCUT2D eigenvalue weighted by atomic mass is 32.1. The SMILES string of the molecule is CC(=O)c1ccc2c(Cc3ccc(OCCN4CCCC4)cc3)c(-c3ccc(O)cc3)sc2c1. The Labute approximate surface area is 204 Å². The van der Waals surface area contributed by atoms with Gasteiger partial charge in [-0.15, -0.1) is 11.3 Å². The topological polar surface area (TPSA) is 49.8 Å². The third-order valence-corrected chi connectivity index (χ3v) is 7.75. The second-order valence-corrected chi connectivity index (χ2v) is 9.99. The monoisotopic (exact) mass is 471 g/mol. The molecule has 3 aromatic carbocycles. The summed E-state index contributed by atoms with van der Waals surface area (Å²) < 4.78 is 7.08. The van der Waals surface area contributed by atoms with E-state index in [0.29, 0.717) is 0 Å². The van der Waals surface area contributed by atoms with E-state index >= 15 is 0 Å². The van der Waals surface area contributed by atoms with Gasteiger partial charge in [-0.25, -0.2) is 0 Å². The van der Waals surface area contributed by atoms with Gasteiger partial charge in [0, 0.05) is 21.7 Å². The number of likely N-dealkylation sites (tertiary alicyclic amines) is 1. The Morgan fingerprint density at radius 2 is 1.74 bits per heavy atom. The highest BCUT2D eigenvalue weighted by Gasteiger charge is 2.16. The molecule has 0 radical (unpaired) electrons. The van der Waals surface area contributed by atoms with E-state index in [2.05, 4.69) is 35.2 Å². The molecule has 1 aliphatic heterocycles. The highest BCUT2D eigenvalue weighted by molar-refractivity contribution is 7.22. The van der Waals surface area contributed by atoms with Gasteiger partial charge in [-0.3, -0.25) is 9.69 Å². The first-order chi connectivity index (χ1) is 16.6. The Morgan fingerprint density at radius 3 is 2.44 bits per heavy atom. The number of Topliss-reactive ketones (excluding diaryl/α,β-unsaturated/α-hetero) is 1. The average molecular weight is 472 g/mol. The Kier molecular flexibility index (Phi) is 6.66. The van der Waals surface area contributed by atoms with Crippen LogP contribution in [0.3, 0.4) is 0 Å². The minimum absolute atomic E-state index is 0.0725. The molecule has 0 spiro atoms. The molecule has 0 aliphatic carbocycles. The molecule has 0 bridgehead atoms. The van der Waals surface area contributed by atoms with Crippen molar-refractivity contribution in [2.24, 2.45) is 0 Å². The van der Waals surface area contributed by atoms with E-state index in [9.17, 15) is 9.90 Å². The quantitative estimate of drug-likeness (QED) is 0.296. The summed E-state index contributed by atoms with van der Waals surface area (Å²) >= 11 is 1.70. The van der Waals surface area contributed by atoms with E-state index in [0.717, 1.165) is 41.1 Å². The fourth-order valence-electron chi connectivity index (χ4n) is 4.60. The number of hydrogen-bond donors (Lipinski definition) is 1. The molecule has 4 nitrogen and oxygen atoms in total. The Morgan fingerprint density at radius 1 is 1.00 bits per heavy atom. The molecule has 0 amide bonds. The first-order valence-electron chi connectivity index (χ1n) is 11.9. The zero-order valence-electron chi connectivity index (χ0n) is 19.4. The molecular formula is C29H29NO3S. The van der Waals surface area contributed by atoms with Crippen molar-refractivity contribution in [2.45, 2.75) is 26.2 Å².